The third-order valence-electron chi connectivity index (χ3n) is 4.82. The number of carboxylic acids is 1. The number of aliphatic carboxylic acids is 1. The van der Waals surface area contributed by atoms with Gasteiger partial charge in [-0.1, -0.05) is 19.3 Å². The van der Waals surface area contributed by atoms with Crippen molar-refractivity contribution in [1.82, 2.24) is 4.90 Å². The average molecular weight is 349 g/mol. The van der Waals surface area contributed by atoms with Gasteiger partial charge in [-0.15, -0.1) is 0 Å². The molecule has 1 N–H and O–H groups in total. The van der Waals surface area contributed by atoms with E-state index in [9.17, 15) is 14.7 Å². The lowest BCUT2D eigenvalue weighted by molar-refractivity contribution is -0.151. The van der Waals surface area contributed by atoms with Crippen LogP contribution in [0.5, 0.6) is 11.5 Å². The molecule has 1 fully saturated rings. The van der Waals surface area contributed by atoms with Crippen molar-refractivity contribution in [1.29, 1.82) is 0 Å². The van der Waals surface area contributed by atoms with Gasteiger partial charge in [-0.3, -0.25) is 4.79 Å². The molecule has 0 spiro atoms. The van der Waals surface area contributed by atoms with Crippen LogP contribution in [-0.4, -0.2) is 47.7 Å². The number of amides is 1. The van der Waals surface area contributed by atoms with Crippen LogP contribution in [0.3, 0.4) is 0 Å². The summed E-state index contributed by atoms with van der Waals surface area (Å²) >= 11 is 0. The Labute approximate surface area is 148 Å². The van der Waals surface area contributed by atoms with Crippen molar-refractivity contribution in [3.05, 3.63) is 23.8 Å². The third-order valence-corrected chi connectivity index (χ3v) is 4.82. The van der Waals surface area contributed by atoms with Gasteiger partial charge in [0, 0.05) is 12.6 Å². The van der Waals surface area contributed by atoms with Crippen LogP contribution in [-0.2, 0) is 4.79 Å². The molecule has 6 nitrogen and oxygen atoms in total. The molecule has 1 aromatic carbocycles. The van der Waals surface area contributed by atoms with Crippen molar-refractivity contribution in [2.75, 3.05) is 20.3 Å². The van der Waals surface area contributed by atoms with Crippen LogP contribution >= 0.6 is 0 Å². The number of carboxylic acid groups (broad SMARTS) is 1. The molecule has 1 aliphatic rings. The second kappa shape index (κ2) is 8.23. The fourth-order valence-electron chi connectivity index (χ4n) is 3.40. The molecule has 1 saturated carbocycles. The molecule has 138 valence electrons. The predicted octanol–water partition coefficient (Wildman–Crippen LogP) is 3.34. The number of carbonyl (C=O) groups excluding carboxylic acids is 1. The first-order chi connectivity index (χ1) is 12.0. The summed E-state index contributed by atoms with van der Waals surface area (Å²) in [4.78, 5) is 26.3. The molecule has 25 heavy (non-hydrogen) atoms. The van der Waals surface area contributed by atoms with Crippen LogP contribution < -0.4 is 9.47 Å². The Kier molecular flexibility index (Phi) is 6.28. The number of ether oxygens (including phenoxy) is 2. The lowest BCUT2D eigenvalue weighted by Gasteiger charge is -2.41. The highest BCUT2D eigenvalue weighted by molar-refractivity contribution is 5.98. The Bertz CT molecular complexity index is 622. The quantitative estimate of drug-likeness (QED) is 0.817. The van der Waals surface area contributed by atoms with Crippen LogP contribution in [0.15, 0.2) is 18.2 Å². The minimum Gasteiger partial charge on any atom is -0.490 e. The first-order valence-corrected chi connectivity index (χ1v) is 8.87. The summed E-state index contributed by atoms with van der Waals surface area (Å²) in [6, 6.07) is 4.99. The summed E-state index contributed by atoms with van der Waals surface area (Å²) in [6.07, 6.45) is 3.61. The van der Waals surface area contributed by atoms with Gasteiger partial charge in [0.05, 0.1) is 13.2 Å². The van der Waals surface area contributed by atoms with Crippen LogP contribution in [0.2, 0.25) is 0 Å². The van der Waals surface area contributed by atoms with E-state index in [0.717, 1.165) is 19.3 Å². The van der Waals surface area contributed by atoms with Crippen LogP contribution in [0.25, 0.3) is 0 Å². The van der Waals surface area contributed by atoms with Crippen molar-refractivity contribution < 1.29 is 24.2 Å². The maximum absolute atomic E-state index is 12.9. The number of rotatable bonds is 7. The second-order valence-corrected chi connectivity index (χ2v) is 6.29. The Balaban J connectivity index is 2.31. The molecule has 0 heterocycles. The third kappa shape index (κ3) is 3.89. The first kappa shape index (κ1) is 19.1. The monoisotopic (exact) mass is 349 g/mol. The van der Waals surface area contributed by atoms with E-state index in [-0.39, 0.29) is 5.91 Å². The van der Waals surface area contributed by atoms with Gasteiger partial charge < -0.3 is 19.5 Å². The van der Waals surface area contributed by atoms with E-state index in [1.54, 1.807) is 25.2 Å². The zero-order chi connectivity index (χ0) is 18.4. The van der Waals surface area contributed by atoms with Crippen molar-refractivity contribution in [3.63, 3.8) is 0 Å². The lowest BCUT2D eigenvalue weighted by atomic mass is 9.80. The lowest BCUT2D eigenvalue weighted by Crippen LogP contribution is -2.56. The number of hydrogen-bond donors (Lipinski definition) is 1. The molecule has 0 aliphatic heterocycles. The van der Waals surface area contributed by atoms with E-state index in [4.69, 9.17) is 9.47 Å². The number of benzene rings is 1. The molecule has 0 unspecified atom stereocenters. The standard InChI is InChI=1S/C19H27NO5/c1-4-24-15-10-9-14(13-16(15)25-5-2)17(21)20(3)19(18(22)23)11-7-6-8-12-19/h9-10,13H,4-8,11-12H2,1-3H3,(H,22,23). The smallest absolute Gasteiger partial charge is 0.329 e. The van der Waals surface area contributed by atoms with Gasteiger partial charge in [0.2, 0.25) is 0 Å². The molecule has 0 radical (unpaired) electrons. The van der Waals surface area contributed by atoms with Crippen molar-refractivity contribution >= 4 is 11.9 Å². The van der Waals surface area contributed by atoms with Crippen LogP contribution in [0, 0.1) is 0 Å². The number of nitrogens with zero attached hydrogens (tertiary/aromatic N) is 1. The Morgan fingerprint density at radius 2 is 1.68 bits per heavy atom. The minimum absolute atomic E-state index is 0.312. The molecule has 1 amide bonds. The van der Waals surface area contributed by atoms with E-state index in [1.165, 1.54) is 4.90 Å². The average Bonchev–Trinajstić information content (AvgIpc) is 2.62. The van der Waals surface area contributed by atoms with Crippen LogP contribution in [0.4, 0.5) is 0 Å². The van der Waals surface area contributed by atoms with Gasteiger partial charge in [0.25, 0.3) is 5.91 Å². The molecule has 0 saturated heterocycles. The van der Waals surface area contributed by atoms with E-state index in [2.05, 4.69) is 0 Å². The van der Waals surface area contributed by atoms with Crippen molar-refractivity contribution in [2.45, 2.75) is 51.5 Å². The molecule has 1 aliphatic carbocycles. The summed E-state index contributed by atoms with van der Waals surface area (Å²) in [5.74, 6) is -0.168. The van der Waals surface area contributed by atoms with E-state index < -0.39 is 11.5 Å². The first-order valence-electron chi connectivity index (χ1n) is 8.87. The molecule has 1 aromatic rings. The Morgan fingerprint density at radius 1 is 1.08 bits per heavy atom. The number of carbonyl (C=O) groups is 2. The Hall–Kier alpha value is -2.24. The molecule has 2 rings (SSSR count). The SMILES string of the molecule is CCOc1ccc(C(=O)N(C)C2(C(=O)O)CCCCC2)cc1OCC. The normalized spacial score (nSPS) is 16.1. The molecular formula is C19H27NO5. The summed E-state index contributed by atoms with van der Waals surface area (Å²) in [7, 11) is 1.58. The summed E-state index contributed by atoms with van der Waals surface area (Å²) in [5, 5.41) is 9.77. The fraction of sp³-hybridized carbons (Fsp3) is 0.579. The van der Waals surface area contributed by atoms with Gasteiger partial charge in [0.1, 0.15) is 5.54 Å². The molecule has 6 heteroatoms. The largest absolute Gasteiger partial charge is 0.490 e. The molecule has 0 aromatic heterocycles. The minimum atomic E-state index is -1.13. The molecule has 0 bridgehead atoms. The van der Waals surface area contributed by atoms with Gasteiger partial charge in [-0.05, 0) is 44.9 Å². The van der Waals surface area contributed by atoms with Gasteiger partial charge >= 0.3 is 5.97 Å². The van der Waals surface area contributed by atoms with E-state index in [1.807, 2.05) is 13.8 Å². The summed E-state index contributed by atoms with van der Waals surface area (Å²) in [5.41, 5.74) is -0.722. The predicted molar refractivity (Wildman–Crippen MR) is 94.3 cm³/mol. The zero-order valence-electron chi connectivity index (χ0n) is 15.2. The zero-order valence-corrected chi connectivity index (χ0v) is 15.2. The number of likely N-dealkylation sites (N-methyl/N-ethyl adjacent to an activating group) is 1. The maximum Gasteiger partial charge on any atom is 0.329 e. The van der Waals surface area contributed by atoms with E-state index >= 15 is 0 Å². The van der Waals surface area contributed by atoms with Gasteiger partial charge in [0.15, 0.2) is 11.5 Å². The highest BCUT2D eigenvalue weighted by Gasteiger charge is 2.45. The maximum atomic E-state index is 12.9. The highest BCUT2D eigenvalue weighted by atomic mass is 16.5. The Morgan fingerprint density at radius 3 is 2.24 bits per heavy atom. The molecule has 0 atom stereocenters. The van der Waals surface area contributed by atoms with Gasteiger partial charge in [-0.2, -0.15) is 0 Å². The number of hydrogen-bond acceptors (Lipinski definition) is 4. The van der Waals surface area contributed by atoms with E-state index in [0.29, 0.717) is 43.1 Å². The summed E-state index contributed by atoms with van der Waals surface area (Å²) in [6.45, 7) is 4.68. The van der Waals surface area contributed by atoms with Crippen molar-refractivity contribution in [2.24, 2.45) is 0 Å². The highest BCUT2D eigenvalue weighted by Crippen LogP contribution is 2.35. The van der Waals surface area contributed by atoms with Crippen molar-refractivity contribution in [3.8, 4) is 11.5 Å². The molecular weight excluding hydrogens is 322 g/mol. The summed E-state index contributed by atoms with van der Waals surface area (Å²) < 4.78 is 11.1. The van der Waals surface area contributed by atoms with Gasteiger partial charge in [-0.25, -0.2) is 4.79 Å². The fourth-order valence-corrected chi connectivity index (χ4v) is 3.40. The topological polar surface area (TPSA) is 76.1 Å². The van der Waals surface area contributed by atoms with Crippen LogP contribution in [0.1, 0.15) is 56.3 Å². The second-order valence-electron chi connectivity index (χ2n) is 6.29.